The number of aromatic nitrogens is 4. The van der Waals surface area contributed by atoms with E-state index in [0.717, 1.165) is 48.4 Å². The summed E-state index contributed by atoms with van der Waals surface area (Å²) in [5.41, 5.74) is 4.63. The van der Waals surface area contributed by atoms with E-state index in [9.17, 15) is 9.59 Å². The number of aryl methyl sites for hydroxylation is 1. The number of carbonyl (C=O) groups is 2. The van der Waals surface area contributed by atoms with Gasteiger partial charge in [0.2, 0.25) is 0 Å². The van der Waals surface area contributed by atoms with E-state index in [1.165, 1.54) is 0 Å². The van der Waals surface area contributed by atoms with E-state index in [-0.39, 0.29) is 11.8 Å². The number of nitrogens with one attached hydrogen (secondary N) is 1. The second-order valence-electron chi connectivity index (χ2n) is 8.10. The van der Waals surface area contributed by atoms with E-state index in [1.807, 2.05) is 46.8 Å². The van der Waals surface area contributed by atoms with Gasteiger partial charge < -0.3 is 9.80 Å². The molecule has 1 aromatic carbocycles. The standard InChI is InChI=1S/C23H26N6O2/c1-2-29-20-10-13-28(15-17(20)21(26-29)23(31)27-11-6-7-12-27)22(30)19-14-18(24-25-19)16-8-4-3-5-9-16/h3-5,8-9,14H,2,6-7,10-13,15H2,1H3,(H,24,25). The Kier molecular flexibility index (Phi) is 5.05. The number of nitrogens with zero attached hydrogens (tertiary/aromatic N) is 5. The molecule has 0 spiro atoms. The van der Waals surface area contributed by atoms with Crippen molar-refractivity contribution in [2.45, 2.75) is 39.3 Å². The van der Waals surface area contributed by atoms with Crippen LogP contribution in [-0.4, -0.2) is 61.2 Å². The molecule has 1 N–H and O–H groups in total. The topological polar surface area (TPSA) is 87.1 Å². The first-order valence-corrected chi connectivity index (χ1v) is 10.9. The number of hydrogen-bond acceptors (Lipinski definition) is 4. The van der Waals surface area contributed by atoms with Crippen LogP contribution in [0.4, 0.5) is 0 Å². The average molecular weight is 419 g/mol. The molecule has 0 saturated carbocycles. The third-order valence-electron chi connectivity index (χ3n) is 6.19. The van der Waals surface area contributed by atoms with Gasteiger partial charge in [0.05, 0.1) is 12.2 Å². The van der Waals surface area contributed by atoms with Crippen LogP contribution in [0.25, 0.3) is 11.3 Å². The first-order chi connectivity index (χ1) is 15.2. The molecule has 0 radical (unpaired) electrons. The molecule has 0 bridgehead atoms. The van der Waals surface area contributed by atoms with Gasteiger partial charge >= 0.3 is 0 Å². The second kappa shape index (κ2) is 8.02. The molecule has 2 aromatic heterocycles. The maximum absolute atomic E-state index is 13.2. The van der Waals surface area contributed by atoms with Crippen molar-refractivity contribution in [3.8, 4) is 11.3 Å². The molecule has 0 unspecified atom stereocenters. The van der Waals surface area contributed by atoms with Gasteiger partial charge in [-0.15, -0.1) is 0 Å². The third kappa shape index (κ3) is 3.52. The van der Waals surface area contributed by atoms with Gasteiger partial charge in [0, 0.05) is 49.4 Å². The van der Waals surface area contributed by atoms with Crippen molar-refractivity contribution in [1.82, 2.24) is 29.8 Å². The number of amides is 2. The summed E-state index contributed by atoms with van der Waals surface area (Å²) in [6, 6.07) is 11.6. The number of H-pyrrole nitrogens is 1. The Morgan fingerprint density at radius 1 is 1.03 bits per heavy atom. The maximum atomic E-state index is 13.2. The highest BCUT2D eigenvalue weighted by atomic mass is 16.2. The van der Waals surface area contributed by atoms with Crippen LogP contribution in [0.15, 0.2) is 36.4 Å². The molecule has 2 amide bonds. The molecule has 8 nitrogen and oxygen atoms in total. The number of rotatable bonds is 4. The average Bonchev–Trinajstić information content (AvgIpc) is 3.58. The van der Waals surface area contributed by atoms with Crippen LogP contribution < -0.4 is 0 Å². The molecule has 2 aliphatic heterocycles. The lowest BCUT2D eigenvalue weighted by Gasteiger charge is -2.27. The van der Waals surface area contributed by atoms with E-state index in [2.05, 4.69) is 15.3 Å². The Morgan fingerprint density at radius 3 is 2.55 bits per heavy atom. The van der Waals surface area contributed by atoms with Crippen molar-refractivity contribution in [2.24, 2.45) is 0 Å². The minimum Gasteiger partial charge on any atom is -0.337 e. The summed E-state index contributed by atoms with van der Waals surface area (Å²) in [6.45, 7) is 5.30. The van der Waals surface area contributed by atoms with Crippen molar-refractivity contribution in [1.29, 1.82) is 0 Å². The molecule has 3 aromatic rings. The van der Waals surface area contributed by atoms with Crippen LogP contribution in [0.1, 0.15) is 52.0 Å². The fraction of sp³-hybridized carbons (Fsp3) is 0.391. The molecule has 1 saturated heterocycles. The zero-order chi connectivity index (χ0) is 21.4. The third-order valence-corrected chi connectivity index (χ3v) is 6.19. The number of fused-ring (bicyclic) bond motifs is 1. The molecule has 0 aliphatic carbocycles. The minimum absolute atomic E-state index is 0.0110. The van der Waals surface area contributed by atoms with Crippen molar-refractivity contribution in [2.75, 3.05) is 19.6 Å². The molecule has 5 rings (SSSR count). The summed E-state index contributed by atoms with van der Waals surface area (Å²) in [5, 5.41) is 11.8. The molecule has 4 heterocycles. The molecule has 8 heteroatoms. The van der Waals surface area contributed by atoms with Crippen LogP contribution >= 0.6 is 0 Å². The largest absolute Gasteiger partial charge is 0.337 e. The van der Waals surface area contributed by atoms with E-state index < -0.39 is 0 Å². The Hall–Kier alpha value is -3.42. The Morgan fingerprint density at radius 2 is 1.81 bits per heavy atom. The number of aromatic amines is 1. The zero-order valence-electron chi connectivity index (χ0n) is 17.7. The highest BCUT2D eigenvalue weighted by molar-refractivity contribution is 5.96. The predicted molar refractivity (Wildman–Crippen MR) is 116 cm³/mol. The molecule has 2 aliphatic rings. The van der Waals surface area contributed by atoms with E-state index >= 15 is 0 Å². The maximum Gasteiger partial charge on any atom is 0.274 e. The molecule has 1 fully saturated rings. The number of benzene rings is 1. The van der Waals surface area contributed by atoms with E-state index in [1.54, 1.807) is 11.0 Å². The highest BCUT2D eigenvalue weighted by Gasteiger charge is 2.33. The van der Waals surface area contributed by atoms with Crippen molar-refractivity contribution < 1.29 is 9.59 Å². The summed E-state index contributed by atoms with van der Waals surface area (Å²) < 4.78 is 1.92. The quantitative estimate of drug-likeness (QED) is 0.706. The number of likely N-dealkylation sites (tertiary alicyclic amines) is 1. The van der Waals surface area contributed by atoms with Crippen molar-refractivity contribution in [3.63, 3.8) is 0 Å². The van der Waals surface area contributed by atoms with Gasteiger partial charge in [-0.2, -0.15) is 10.2 Å². The SMILES string of the molecule is CCn1nc(C(=O)N2CCCC2)c2c1CCN(C(=O)c1cc(-c3ccccc3)n[nH]1)C2. The fourth-order valence-corrected chi connectivity index (χ4v) is 4.53. The summed E-state index contributed by atoms with van der Waals surface area (Å²) in [4.78, 5) is 29.9. The first-order valence-electron chi connectivity index (χ1n) is 10.9. The van der Waals surface area contributed by atoms with Gasteiger partial charge in [-0.05, 0) is 25.8 Å². The van der Waals surface area contributed by atoms with Crippen LogP contribution in [0.5, 0.6) is 0 Å². The normalized spacial score (nSPS) is 15.9. The Labute approximate surface area is 180 Å². The Balaban J connectivity index is 1.40. The van der Waals surface area contributed by atoms with Gasteiger partial charge in [-0.3, -0.25) is 19.4 Å². The Bertz CT molecular complexity index is 1110. The van der Waals surface area contributed by atoms with Gasteiger partial charge in [0.25, 0.3) is 11.8 Å². The van der Waals surface area contributed by atoms with E-state index in [4.69, 9.17) is 0 Å². The highest BCUT2D eigenvalue weighted by Crippen LogP contribution is 2.26. The van der Waals surface area contributed by atoms with Gasteiger partial charge in [-0.1, -0.05) is 30.3 Å². The lowest BCUT2D eigenvalue weighted by molar-refractivity contribution is 0.0717. The zero-order valence-corrected chi connectivity index (χ0v) is 17.7. The van der Waals surface area contributed by atoms with Gasteiger partial charge in [0.15, 0.2) is 5.69 Å². The second-order valence-corrected chi connectivity index (χ2v) is 8.10. The van der Waals surface area contributed by atoms with Crippen LogP contribution in [0.3, 0.4) is 0 Å². The monoisotopic (exact) mass is 418 g/mol. The van der Waals surface area contributed by atoms with Crippen LogP contribution in [0, 0.1) is 0 Å². The lowest BCUT2D eigenvalue weighted by Crippen LogP contribution is -2.37. The molecule has 31 heavy (non-hydrogen) atoms. The number of hydrogen-bond donors (Lipinski definition) is 1. The smallest absolute Gasteiger partial charge is 0.274 e. The minimum atomic E-state index is -0.107. The molecular formula is C23H26N6O2. The first kappa shape index (κ1) is 19.5. The summed E-state index contributed by atoms with van der Waals surface area (Å²) in [6.07, 6.45) is 2.77. The van der Waals surface area contributed by atoms with Gasteiger partial charge in [0.1, 0.15) is 5.69 Å². The molecule has 0 atom stereocenters. The summed E-state index contributed by atoms with van der Waals surface area (Å²) in [7, 11) is 0. The van der Waals surface area contributed by atoms with Crippen molar-refractivity contribution >= 4 is 11.8 Å². The van der Waals surface area contributed by atoms with Gasteiger partial charge in [-0.25, -0.2) is 0 Å². The molecular weight excluding hydrogens is 392 g/mol. The van der Waals surface area contributed by atoms with Crippen molar-refractivity contribution in [3.05, 3.63) is 59.0 Å². The summed E-state index contributed by atoms with van der Waals surface area (Å²) >= 11 is 0. The predicted octanol–water partition coefficient (Wildman–Crippen LogP) is 2.73. The summed E-state index contributed by atoms with van der Waals surface area (Å²) in [5.74, 6) is -0.118. The lowest BCUT2D eigenvalue weighted by atomic mass is 10.0. The number of carbonyl (C=O) groups excluding carboxylic acids is 2. The van der Waals surface area contributed by atoms with E-state index in [0.29, 0.717) is 37.4 Å². The van der Waals surface area contributed by atoms with Crippen LogP contribution in [-0.2, 0) is 19.5 Å². The fourth-order valence-electron chi connectivity index (χ4n) is 4.53. The molecule has 160 valence electrons. The van der Waals surface area contributed by atoms with Crippen LogP contribution in [0.2, 0.25) is 0 Å².